The zero-order chi connectivity index (χ0) is 29.9. The molecule has 2 bridgehead atoms. The van der Waals surface area contributed by atoms with E-state index in [0.717, 1.165) is 74.9 Å². The van der Waals surface area contributed by atoms with Gasteiger partial charge in [0.2, 0.25) is 0 Å². The molecule has 4 aliphatic rings. The number of allylic oxidation sites excluding steroid dienone is 2. The van der Waals surface area contributed by atoms with Gasteiger partial charge in [-0.25, -0.2) is 8.78 Å². The zero-order valence-corrected chi connectivity index (χ0v) is 25.3. The lowest BCUT2D eigenvalue weighted by atomic mass is 9.64. The second-order valence-corrected chi connectivity index (χ2v) is 13.4. The average molecular weight is 580 g/mol. The predicted molar refractivity (Wildman–Crippen MR) is 163 cm³/mol. The fourth-order valence-corrected chi connectivity index (χ4v) is 7.83. The molecule has 2 aromatic carbocycles. The topological polar surface area (TPSA) is 60.8 Å². The first-order chi connectivity index (χ1) is 20.1. The summed E-state index contributed by atoms with van der Waals surface area (Å²) in [6.45, 7) is 6.94. The highest BCUT2D eigenvalue weighted by Crippen LogP contribution is 2.59. The highest BCUT2D eigenvalue weighted by atomic mass is 19.2. The number of aliphatic hydroxyl groups excluding tert-OH is 1. The van der Waals surface area contributed by atoms with Crippen molar-refractivity contribution in [3.05, 3.63) is 81.9 Å². The molecule has 0 unspecified atom stereocenters. The van der Waals surface area contributed by atoms with Gasteiger partial charge in [0.05, 0.1) is 11.7 Å². The third-order valence-corrected chi connectivity index (χ3v) is 10.5. The Hall–Kier alpha value is -2.41. The number of nitrogens with zero attached hydrogens (tertiary/aromatic N) is 1. The van der Waals surface area contributed by atoms with Crippen LogP contribution in [0.5, 0.6) is 0 Å². The zero-order valence-electron chi connectivity index (χ0n) is 25.3. The summed E-state index contributed by atoms with van der Waals surface area (Å²) in [6.07, 6.45) is 12.5. The monoisotopic (exact) mass is 579 g/mol. The average Bonchev–Trinajstić information content (AvgIpc) is 3.19. The fourth-order valence-electron chi connectivity index (χ4n) is 7.83. The van der Waals surface area contributed by atoms with E-state index in [4.69, 9.17) is 0 Å². The molecule has 228 valence electrons. The van der Waals surface area contributed by atoms with Crippen molar-refractivity contribution < 1.29 is 23.8 Å². The SMILES string of the molecule is CC1=CCC[C@@]2(C)[C@@H](CC[C@@]2(O)CN2CCCCCCC2)c2ccc(cc2C(=O)c2ccc(F)c(F)c2)C[C@@H](O)CC1. The third kappa shape index (κ3) is 6.56. The van der Waals surface area contributed by atoms with Gasteiger partial charge in [-0.2, -0.15) is 0 Å². The largest absolute Gasteiger partial charge is 0.393 e. The molecule has 1 saturated heterocycles. The van der Waals surface area contributed by atoms with Gasteiger partial charge in [-0.3, -0.25) is 4.79 Å². The molecule has 0 amide bonds. The van der Waals surface area contributed by atoms with Gasteiger partial charge in [0.25, 0.3) is 0 Å². The maximum Gasteiger partial charge on any atom is 0.193 e. The molecule has 1 aliphatic heterocycles. The predicted octanol–water partition coefficient (Wildman–Crippen LogP) is 7.50. The molecule has 3 aliphatic carbocycles. The van der Waals surface area contributed by atoms with Crippen molar-refractivity contribution in [3.63, 3.8) is 0 Å². The number of fused-ring (bicyclic) bond motifs is 8. The van der Waals surface area contributed by atoms with Crippen LogP contribution >= 0.6 is 0 Å². The molecular formula is C36H47F2NO3. The molecule has 1 heterocycles. The van der Waals surface area contributed by atoms with Crippen LogP contribution in [0.15, 0.2) is 48.0 Å². The number of ketones is 1. The Morgan fingerprint density at radius 2 is 1.71 bits per heavy atom. The van der Waals surface area contributed by atoms with Crippen LogP contribution < -0.4 is 0 Å². The van der Waals surface area contributed by atoms with Crippen molar-refractivity contribution >= 4 is 5.78 Å². The first-order valence-electron chi connectivity index (χ1n) is 16.0. The van der Waals surface area contributed by atoms with Crippen molar-refractivity contribution in [1.82, 2.24) is 4.90 Å². The van der Waals surface area contributed by atoms with E-state index >= 15 is 0 Å². The molecule has 42 heavy (non-hydrogen) atoms. The summed E-state index contributed by atoms with van der Waals surface area (Å²) in [4.78, 5) is 16.4. The lowest BCUT2D eigenvalue weighted by Crippen LogP contribution is -2.53. The summed E-state index contributed by atoms with van der Waals surface area (Å²) < 4.78 is 28.0. The van der Waals surface area contributed by atoms with Gasteiger partial charge in [0.1, 0.15) is 0 Å². The molecule has 2 fully saturated rings. The fraction of sp³-hybridized carbons (Fsp3) is 0.583. The molecule has 2 aromatic rings. The second kappa shape index (κ2) is 13.1. The van der Waals surface area contributed by atoms with Crippen LogP contribution in [-0.2, 0) is 6.42 Å². The van der Waals surface area contributed by atoms with Gasteiger partial charge in [-0.15, -0.1) is 0 Å². The number of halogens is 2. The number of β-amino-alcohol motifs (C(OH)–C–C–N with tert-alkyl or cyclic N) is 1. The number of aliphatic hydroxyl groups is 2. The van der Waals surface area contributed by atoms with Crippen LogP contribution in [0.1, 0.15) is 117 Å². The first-order valence-corrected chi connectivity index (χ1v) is 16.0. The molecule has 2 N–H and O–H groups in total. The van der Waals surface area contributed by atoms with Gasteiger partial charge in [0.15, 0.2) is 17.4 Å². The van der Waals surface area contributed by atoms with Crippen molar-refractivity contribution in [1.29, 1.82) is 0 Å². The van der Waals surface area contributed by atoms with E-state index in [-0.39, 0.29) is 17.3 Å². The van der Waals surface area contributed by atoms with Crippen LogP contribution in [0.4, 0.5) is 8.78 Å². The van der Waals surface area contributed by atoms with Gasteiger partial charge in [-0.05, 0) is 119 Å². The first kappa shape index (κ1) is 31.0. The summed E-state index contributed by atoms with van der Waals surface area (Å²) in [5.74, 6) is -2.48. The van der Waals surface area contributed by atoms with Gasteiger partial charge >= 0.3 is 0 Å². The molecule has 6 heteroatoms. The van der Waals surface area contributed by atoms with E-state index in [1.54, 1.807) is 0 Å². The van der Waals surface area contributed by atoms with Crippen LogP contribution in [0, 0.1) is 17.0 Å². The maximum absolute atomic E-state index is 14.2. The second-order valence-electron chi connectivity index (χ2n) is 13.4. The van der Waals surface area contributed by atoms with Crippen LogP contribution in [-0.4, -0.2) is 52.2 Å². The Balaban J connectivity index is 1.58. The van der Waals surface area contributed by atoms with Crippen molar-refractivity contribution in [2.24, 2.45) is 5.41 Å². The minimum Gasteiger partial charge on any atom is -0.393 e. The summed E-state index contributed by atoms with van der Waals surface area (Å²) in [5, 5.41) is 23.4. The number of carbonyl (C=O) groups is 1. The Labute approximate surface area is 249 Å². The molecule has 0 aromatic heterocycles. The quantitative estimate of drug-likeness (QED) is 0.291. The van der Waals surface area contributed by atoms with E-state index in [2.05, 4.69) is 24.8 Å². The summed E-state index contributed by atoms with van der Waals surface area (Å²) in [5.41, 5.74) is 2.08. The standard InChI is InChI=1S/C36H47F2NO3/c1-25-9-8-17-35(2)31(16-18-36(35,42)24-39-19-6-4-3-5-7-20-39)29-14-11-26(21-28(40)13-10-25)22-30(29)34(41)27-12-15-32(37)33(38)23-27/h9,11-12,14-15,22-23,28,31,40,42H,3-8,10,13,16-21,24H2,1-2H3/t28-,31-,35-,36+/m0/s1. The van der Waals surface area contributed by atoms with E-state index in [1.807, 2.05) is 18.2 Å². The lowest BCUT2D eigenvalue weighted by Gasteiger charge is -2.46. The van der Waals surface area contributed by atoms with Crippen molar-refractivity contribution in [3.8, 4) is 0 Å². The van der Waals surface area contributed by atoms with E-state index in [9.17, 15) is 23.8 Å². The highest BCUT2D eigenvalue weighted by molar-refractivity contribution is 6.10. The minimum atomic E-state index is -1.05. The van der Waals surface area contributed by atoms with Gasteiger partial charge in [-0.1, -0.05) is 50.0 Å². The smallest absolute Gasteiger partial charge is 0.193 e. The van der Waals surface area contributed by atoms with Gasteiger partial charge in [0, 0.05) is 23.1 Å². The molecule has 4 atom stereocenters. The van der Waals surface area contributed by atoms with Crippen LogP contribution in [0.25, 0.3) is 0 Å². The Kier molecular flexibility index (Phi) is 9.66. The number of benzene rings is 2. The van der Waals surface area contributed by atoms with E-state index < -0.39 is 28.8 Å². The number of hydrogen-bond acceptors (Lipinski definition) is 4. The molecule has 0 radical (unpaired) electrons. The number of hydrogen-bond donors (Lipinski definition) is 2. The van der Waals surface area contributed by atoms with Crippen molar-refractivity contribution in [2.45, 2.75) is 109 Å². The Morgan fingerprint density at radius 1 is 0.976 bits per heavy atom. The van der Waals surface area contributed by atoms with Gasteiger partial charge < -0.3 is 15.1 Å². The minimum absolute atomic E-state index is 0.0860. The number of rotatable bonds is 4. The molecule has 0 spiro atoms. The molecule has 6 rings (SSSR count). The van der Waals surface area contributed by atoms with E-state index in [1.165, 1.54) is 30.9 Å². The van der Waals surface area contributed by atoms with Crippen molar-refractivity contribution in [2.75, 3.05) is 19.6 Å². The highest BCUT2D eigenvalue weighted by Gasteiger charge is 2.57. The summed E-state index contributed by atoms with van der Waals surface area (Å²) in [7, 11) is 0. The number of likely N-dealkylation sites (tertiary alicyclic amines) is 1. The van der Waals surface area contributed by atoms with Crippen LogP contribution in [0.2, 0.25) is 0 Å². The normalized spacial score (nSPS) is 29.7. The number of carbonyl (C=O) groups excluding carboxylic acids is 1. The molecule has 1 saturated carbocycles. The summed E-state index contributed by atoms with van der Waals surface area (Å²) in [6, 6.07) is 9.13. The Bertz CT molecular complexity index is 1300. The molecule has 4 nitrogen and oxygen atoms in total. The summed E-state index contributed by atoms with van der Waals surface area (Å²) >= 11 is 0. The Morgan fingerprint density at radius 3 is 2.45 bits per heavy atom. The third-order valence-electron chi connectivity index (χ3n) is 10.5. The lowest BCUT2D eigenvalue weighted by molar-refractivity contribution is -0.0843. The maximum atomic E-state index is 14.2. The van der Waals surface area contributed by atoms with Crippen LogP contribution in [0.3, 0.4) is 0 Å². The molecular weight excluding hydrogens is 532 g/mol. The van der Waals surface area contributed by atoms with E-state index in [0.29, 0.717) is 31.4 Å².